The maximum atomic E-state index is 11.7. The van der Waals surface area contributed by atoms with E-state index in [1.807, 2.05) is 18.2 Å². The molecule has 0 N–H and O–H groups in total. The van der Waals surface area contributed by atoms with E-state index in [-0.39, 0.29) is 5.63 Å². The molecule has 0 aliphatic rings. The lowest BCUT2D eigenvalue weighted by Crippen LogP contribution is -2.05. The van der Waals surface area contributed by atoms with Crippen molar-refractivity contribution in [2.75, 3.05) is 0 Å². The Morgan fingerprint density at radius 1 is 1.18 bits per heavy atom. The first-order chi connectivity index (χ1) is 8.28. The second-order valence-electron chi connectivity index (χ2n) is 3.90. The Bertz CT molecular complexity index is 762. The summed E-state index contributed by atoms with van der Waals surface area (Å²) in [4.78, 5) is 11.7. The molecule has 17 heavy (non-hydrogen) atoms. The van der Waals surface area contributed by atoms with E-state index in [0.29, 0.717) is 17.6 Å². The predicted molar refractivity (Wildman–Crippen MR) is 66.2 cm³/mol. The molecule has 3 rings (SSSR count). The third-order valence-electron chi connectivity index (χ3n) is 2.74. The van der Waals surface area contributed by atoms with Crippen LogP contribution in [-0.2, 0) is 6.42 Å². The molecule has 1 aromatic carbocycles. The van der Waals surface area contributed by atoms with E-state index in [9.17, 15) is 4.79 Å². The molecule has 3 heteroatoms. The minimum atomic E-state index is -0.316. The normalized spacial score (nSPS) is 11.1. The van der Waals surface area contributed by atoms with E-state index in [2.05, 4.69) is 6.58 Å². The lowest BCUT2D eigenvalue weighted by Gasteiger charge is -1.99. The number of furan rings is 1. The lowest BCUT2D eigenvalue weighted by atomic mass is 10.1. The van der Waals surface area contributed by atoms with Crippen LogP contribution < -0.4 is 5.63 Å². The summed E-state index contributed by atoms with van der Waals surface area (Å²) in [6, 6.07) is 7.41. The van der Waals surface area contributed by atoms with E-state index in [1.54, 1.807) is 18.4 Å². The molecule has 0 aliphatic carbocycles. The van der Waals surface area contributed by atoms with Crippen LogP contribution >= 0.6 is 0 Å². The molecule has 3 aromatic rings. The molecule has 0 atom stereocenters. The third-order valence-corrected chi connectivity index (χ3v) is 2.74. The van der Waals surface area contributed by atoms with E-state index < -0.39 is 0 Å². The Morgan fingerprint density at radius 2 is 2.06 bits per heavy atom. The fourth-order valence-electron chi connectivity index (χ4n) is 1.92. The van der Waals surface area contributed by atoms with E-state index in [0.717, 1.165) is 16.4 Å². The average Bonchev–Trinajstić information content (AvgIpc) is 2.74. The second kappa shape index (κ2) is 3.63. The summed E-state index contributed by atoms with van der Waals surface area (Å²) in [5, 5.41) is 1.89. The number of hydrogen-bond donors (Lipinski definition) is 0. The van der Waals surface area contributed by atoms with Gasteiger partial charge in [0.15, 0.2) is 0 Å². The fourth-order valence-corrected chi connectivity index (χ4v) is 1.92. The van der Waals surface area contributed by atoms with Gasteiger partial charge in [-0.15, -0.1) is 6.58 Å². The molecule has 0 bridgehead atoms. The molecule has 3 nitrogen and oxygen atoms in total. The van der Waals surface area contributed by atoms with Crippen LogP contribution in [-0.4, -0.2) is 0 Å². The predicted octanol–water partition coefficient (Wildman–Crippen LogP) is 3.27. The van der Waals surface area contributed by atoms with Gasteiger partial charge in [-0.1, -0.05) is 6.08 Å². The zero-order valence-corrected chi connectivity index (χ0v) is 9.10. The molecule has 2 heterocycles. The highest BCUT2D eigenvalue weighted by Gasteiger charge is 2.06. The number of fused-ring (bicyclic) bond motifs is 2. The van der Waals surface area contributed by atoms with Crippen molar-refractivity contribution >= 4 is 21.9 Å². The number of allylic oxidation sites excluding steroid dienone is 1. The van der Waals surface area contributed by atoms with Gasteiger partial charge in [0.25, 0.3) is 0 Å². The topological polar surface area (TPSA) is 43.4 Å². The van der Waals surface area contributed by atoms with Crippen molar-refractivity contribution in [2.45, 2.75) is 6.42 Å². The quantitative estimate of drug-likeness (QED) is 0.497. The Morgan fingerprint density at radius 3 is 2.88 bits per heavy atom. The monoisotopic (exact) mass is 226 g/mol. The second-order valence-corrected chi connectivity index (χ2v) is 3.90. The van der Waals surface area contributed by atoms with Crippen LogP contribution in [0.5, 0.6) is 0 Å². The van der Waals surface area contributed by atoms with Gasteiger partial charge >= 0.3 is 5.63 Å². The first-order valence-corrected chi connectivity index (χ1v) is 5.33. The highest BCUT2D eigenvalue weighted by Crippen LogP contribution is 2.23. The Kier molecular flexibility index (Phi) is 2.11. The van der Waals surface area contributed by atoms with Gasteiger partial charge in [0.1, 0.15) is 11.2 Å². The highest BCUT2D eigenvalue weighted by atomic mass is 16.4. The molecule has 0 amide bonds. The molecule has 0 aliphatic heterocycles. The van der Waals surface area contributed by atoms with Crippen LogP contribution in [0.3, 0.4) is 0 Å². The maximum absolute atomic E-state index is 11.7. The smallest absolute Gasteiger partial charge is 0.339 e. The van der Waals surface area contributed by atoms with Crippen molar-refractivity contribution in [3.05, 3.63) is 59.2 Å². The average molecular weight is 226 g/mol. The minimum Gasteiger partial charge on any atom is -0.464 e. The minimum absolute atomic E-state index is 0.316. The van der Waals surface area contributed by atoms with Crippen LogP contribution in [0.1, 0.15) is 5.56 Å². The van der Waals surface area contributed by atoms with Crippen molar-refractivity contribution in [1.29, 1.82) is 0 Å². The van der Waals surface area contributed by atoms with Gasteiger partial charge in [0.2, 0.25) is 0 Å². The van der Waals surface area contributed by atoms with Crippen LogP contribution in [0.2, 0.25) is 0 Å². The molecule has 0 saturated heterocycles. The van der Waals surface area contributed by atoms with Crippen LogP contribution in [0.15, 0.2) is 56.8 Å². The molecule has 0 spiro atoms. The molecular weight excluding hydrogens is 216 g/mol. The lowest BCUT2D eigenvalue weighted by molar-refractivity contribution is 0.551. The molecular formula is C14H10O3. The molecule has 2 aromatic heterocycles. The molecule has 0 unspecified atom stereocenters. The Balaban J connectivity index is 2.37. The summed E-state index contributed by atoms with van der Waals surface area (Å²) in [6.45, 7) is 3.62. The number of rotatable bonds is 2. The summed E-state index contributed by atoms with van der Waals surface area (Å²) in [5.74, 6) is 0. The van der Waals surface area contributed by atoms with Gasteiger partial charge in [0.05, 0.1) is 6.26 Å². The standard InChI is InChI=1S/C14H10O3/c1-2-3-10-7-11-6-9-4-5-16-12(9)8-13(11)17-14(10)15/h2,4-8H,1,3H2. The summed E-state index contributed by atoms with van der Waals surface area (Å²) >= 11 is 0. The zero-order chi connectivity index (χ0) is 11.8. The summed E-state index contributed by atoms with van der Waals surface area (Å²) < 4.78 is 10.5. The van der Waals surface area contributed by atoms with Crippen LogP contribution in [0.4, 0.5) is 0 Å². The van der Waals surface area contributed by atoms with Gasteiger partial charge in [-0.25, -0.2) is 4.79 Å². The maximum Gasteiger partial charge on any atom is 0.339 e. The first-order valence-electron chi connectivity index (χ1n) is 5.33. The summed E-state index contributed by atoms with van der Waals surface area (Å²) in [7, 11) is 0. The van der Waals surface area contributed by atoms with Gasteiger partial charge in [-0.05, 0) is 24.6 Å². The number of benzene rings is 1. The van der Waals surface area contributed by atoms with Crippen LogP contribution in [0.25, 0.3) is 21.9 Å². The first kappa shape index (κ1) is 9.90. The third kappa shape index (κ3) is 1.56. The van der Waals surface area contributed by atoms with Crippen molar-refractivity contribution in [3.8, 4) is 0 Å². The van der Waals surface area contributed by atoms with Gasteiger partial charge in [-0.2, -0.15) is 0 Å². The van der Waals surface area contributed by atoms with Crippen molar-refractivity contribution in [2.24, 2.45) is 0 Å². The summed E-state index contributed by atoms with van der Waals surface area (Å²) in [6.07, 6.45) is 3.82. The van der Waals surface area contributed by atoms with E-state index >= 15 is 0 Å². The number of hydrogen-bond acceptors (Lipinski definition) is 3. The van der Waals surface area contributed by atoms with Crippen molar-refractivity contribution < 1.29 is 8.83 Å². The van der Waals surface area contributed by atoms with E-state index in [1.165, 1.54) is 0 Å². The van der Waals surface area contributed by atoms with Gasteiger partial charge in [-0.3, -0.25) is 0 Å². The Hall–Kier alpha value is -2.29. The van der Waals surface area contributed by atoms with Crippen LogP contribution in [0, 0.1) is 0 Å². The highest BCUT2D eigenvalue weighted by molar-refractivity contribution is 5.93. The summed E-state index contributed by atoms with van der Waals surface area (Å²) in [5.41, 5.74) is 1.57. The van der Waals surface area contributed by atoms with E-state index in [4.69, 9.17) is 8.83 Å². The van der Waals surface area contributed by atoms with Gasteiger partial charge < -0.3 is 8.83 Å². The van der Waals surface area contributed by atoms with Crippen molar-refractivity contribution in [1.82, 2.24) is 0 Å². The van der Waals surface area contributed by atoms with Crippen molar-refractivity contribution in [3.63, 3.8) is 0 Å². The largest absolute Gasteiger partial charge is 0.464 e. The molecule has 0 fully saturated rings. The fraction of sp³-hybridized carbons (Fsp3) is 0.0714. The Labute approximate surface area is 97.0 Å². The van der Waals surface area contributed by atoms with Gasteiger partial charge in [0, 0.05) is 22.4 Å². The molecule has 84 valence electrons. The SMILES string of the molecule is C=CCc1cc2cc3ccoc3cc2oc1=O. The molecule has 0 radical (unpaired) electrons. The molecule has 0 saturated carbocycles. The zero-order valence-electron chi connectivity index (χ0n) is 9.10.